The van der Waals surface area contributed by atoms with Crippen LogP contribution < -0.4 is 10.2 Å². The van der Waals surface area contributed by atoms with Crippen LogP contribution in [-0.2, 0) is 11.3 Å². The second-order valence-electron chi connectivity index (χ2n) is 6.49. The summed E-state index contributed by atoms with van der Waals surface area (Å²) in [5.41, 5.74) is 1.90. The first-order valence-electron chi connectivity index (χ1n) is 8.22. The van der Waals surface area contributed by atoms with E-state index < -0.39 is 0 Å². The number of hydrogen-bond donors (Lipinski definition) is 1. The van der Waals surface area contributed by atoms with Crippen molar-refractivity contribution in [1.82, 2.24) is 5.32 Å². The lowest BCUT2D eigenvalue weighted by Gasteiger charge is -2.40. The summed E-state index contributed by atoms with van der Waals surface area (Å²) in [5.74, 6) is -0.0818. The molecule has 1 aromatic rings. The van der Waals surface area contributed by atoms with Crippen molar-refractivity contribution in [3.05, 3.63) is 29.6 Å². The lowest BCUT2D eigenvalue weighted by atomic mass is 10.1. The Balaban J connectivity index is 1.61. The van der Waals surface area contributed by atoms with Gasteiger partial charge in [-0.15, -0.1) is 0 Å². The fraction of sp³-hybridized carbons (Fsp3) is 0.647. The first-order chi connectivity index (χ1) is 10.3. The number of hydrogen-bond acceptors (Lipinski definition) is 3. The van der Waals surface area contributed by atoms with Crippen LogP contribution in [0.15, 0.2) is 18.2 Å². The average molecular weight is 290 g/mol. The molecule has 2 aliphatic carbocycles. The lowest BCUT2D eigenvalue weighted by molar-refractivity contribution is 0.0255. The van der Waals surface area contributed by atoms with Gasteiger partial charge in [-0.1, -0.05) is 6.07 Å². The summed E-state index contributed by atoms with van der Waals surface area (Å²) >= 11 is 0. The number of ether oxygens (including phenoxy) is 1. The minimum atomic E-state index is -0.0818. The largest absolute Gasteiger partial charge is 0.374 e. The van der Waals surface area contributed by atoms with Crippen LogP contribution in [0.5, 0.6) is 0 Å². The van der Waals surface area contributed by atoms with Gasteiger partial charge in [-0.25, -0.2) is 4.39 Å². The smallest absolute Gasteiger partial charge is 0.129 e. The highest BCUT2D eigenvalue weighted by atomic mass is 19.1. The predicted molar refractivity (Wildman–Crippen MR) is 81.0 cm³/mol. The molecule has 0 bridgehead atoms. The van der Waals surface area contributed by atoms with Crippen LogP contribution in [0.1, 0.15) is 37.7 Å². The monoisotopic (exact) mass is 290 g/mol. The number of nitrogens with one attached hydrogen (secondary N) is 1. The first kappa shape index (κ1) is 13.5. The van der Waals surface area contributed by atoms with Crippen LogP contribution in [0.4, 0.5) is 10.1 Å². The third kappa shape index (κ3) is 2.67. The number of rotatable bonds is 4. The van der Waals surface area contributed by atoms with Crippen molar-refractivity contribution < 1.29 is 9.13 Å². The van der Waals surface area contributed by atoms with E-state index in [2.05, 4.69) is 16.3 Å². The summed E-state index contributed by atoms with van der Waals surface area (Å²) in [6.45, 7) is 2.27. The molecule has 0 radical (unpaired) electrons. The zero-order chi connectivity index (χ0) is 14.2. The SMILES string of the molecule is Fc1cccc(N2CCOC3CCCC32)c1CNC1CC1. The van der Waals surface area contributed by atoms with Crippen LogP contribution in [0.25, 0.3) is 0 Å². The van der Waals surface area contributed by atoms with Crippen LogP contribution in [0.3, 0.4) is 0 Å². The summed E-state index contributed by atoms with van der Waals surface area (Å²) in [6, 6.07) is 6.53. The number of halogens is 1. The van der Waals surface area contributed by atoms with Crippen LogP contribution in [0, 0.1) is 5.82 Å². The summed E-state index contributed by atoms with van der Waals surface area (Å²) in [7, 11) is 0. The molecule has 1 aromatic carbocycles. The van der Waals surface area contributed by atoms with Gasteiger partial charge in [-0.3, -0.25) is 0 Å². The van der Waals surface area contributed by atoms with Gasteiger partial charge in [-0.05, 0) is 44.2 Å². The average Bonchev–Trinajstić information content (AvgIpc) is 3.20. The molecule has 3 aliphatic rings. The van der Waals surface area contributed by atoms with E-state index in [-0.39, 0.29) is 5.82 Å². The molecular weight excluding hydrogens is 267 g/mol. The Morgan fingerprint density at radius 1 is 1.24 bits per heavy atom. The minimum Gasteiger partial charge on any atom is -0.374 e. The van der Waals surface area contributed by atoms with E-state index in [1.54, 1.807) is 6.07 Å². The molecule has 4 rings (SSSR count). The normalized spacial score (nSPS) is 28.7. The maximum absolute atomic E-state index is 14.3. The van der Waals surface area contributed by atoms with Crippen molar-refractivity contribution >= 4 is 5.69 Å². The molecule has 2 unspecified atom stereocenters. The molecule has 0 aromatic heterocycles. The Morgan fingerprint density at radius 2 is 2.14 bits per heavy atom. The standard InChI is InChI=1S/C17H23FN2O/c18-14-3-1-4-15(13(14)11-19-12-7-8-12)20-9-10-21-17-6-2-5-16(17)20/h1,3-4,12,16-17,19H,2,5-11H2. The molecule has 2 saturated carbocycles. The fourth-order valence-corrected chi connectivity index (χ4v) is 3.75. The number of morpholine rings is 1. The van der Waals surface area contributed by atoms with E-state index >= 15 is 0 Å². The van der Waals surface area contributed by atoms with Crippen LogP contribution >= 0.6 is 0 Å². The van der Waals surface area contributed by atoms with Crippen LogP contribution in [-0.4, -0.2) is 31.3 Å². The second kappa shape index (κ2) is 5.58. The van der Waals surface area contributed by atoms with Crippen molar-refractivity contribution in [3.8, 4) is 0 Å². The number of anilines is 1. The summed E-state index contributed by atoms with van der Waals surface area (Å²) in [4.78, 5) is 2.40. The number of nitrogens with zero attached hydrogens (tertiary/aromatic N) is 1. The highest BCUT2D eigenvalue weighted by molar-refractivity contribution is 5.56. The van der Waals surface area contributed by atoms with Gasteiger partial charge in [0, 0.05) is 30.4 Å². The second-order valence-corrected chi connectivity index (χ2v) is 6.49. The first-order valence-corrected chi connectivity index (χ1v) is 8.22. The van der Waals surface area contributed by atoms with Gasteiger partial charge < -0.3 is 15.0 Å². The molecule has 3 nitrogen and oxygen atoms in total. The van der Waals surface area contributed by atoms with Gasteiger partial charge in [-0.2, -0.15) is 0 Å². The zero-order valence-electron chi connectivity index (χ0n) is 12.4. The molecule has 0 amide bonds. The third-order valence-electron chi connectivity index (χ3n) is 5.03. The molecule has 1 heterocycles. The van der Waals surface area contributed by atoms with Crippen molar-refractivity contribution in [2.75, 3.05) is 18.1 Å². The highest BCUT2D eigenvalue weighted by Gasteiger charge is 2.37. The van der Waals surface area contributed by atoms with Crippen LogP contribution in [0.2, 0.25) is 0 Å². The van der Waals surface area contributed by atoms with Gasteiger partial charge in [0.25, 0.3) is 0 Å². The van der Waals surface area contributed by atoms with E-state index in [0.29, 0.717) is 24.7 Å². The molecule has 1 saturated heterocycles. The summed E-state index contributed by atoms with van der Waals surface area (Å²) < 4.78 is 20.2. The Hall–Kier alpha value is -1.13. The van der Waals surface area contributed by atoms with Gasteiger partial charge in [0.2, 0.25) is 0 Å². The zero-order valence-corrected chi connectivity index (χ0v) is 12.4. The molecule has 0 spiro atoms. The number of benzene rings is 1. The molecule has 2 atom stereocenters. The quantitative estimate of drug-likeness (QED) is 0.923. The van der Waals surface area contributed by atoms with Crippen molar-refractivity contribution in [3.63, 3.8) is 0 Å². The maximum Gasteiger partial charge on any atom is 0.129 e. The summed E-state index contributed by atoms with van der Waals surface area (Å²) in [5, 5.41) is 3.45. The molecule has 21 heavy (non-hydrogen) atoms. The maximum atomic E-state index is 14.3. The van der Waals surface area contributed by atoms with Gasteiger partial charge in [0.05, 0.1) is 18.8 Å². The summed E-state index contributed by atoms with van der Waals surface area (Å²) in [6.07, 6.45) is 6.32. The molecule has 114 valence electrons. The Morgan fingerprint density at radius 3 is 3.00 bits per heavy atom. The van der Waals surface area contributed by atoms with Gasteiger partial charge >= 0.3 is 0 Å². The Kier molecular flexibility index (Phi) is 3.59. The van der Waals surface area contributed by atoms with Crippen molar-refractivity contribution in [2.24, 2.45) is 0 Å². The predicted octanol–water partition coefficient (Wildman–Crippen LogP) is 2.84. The van der Waals surface area contributed by atoms with Gasteiger partial charge in [0.15, 0.2) is 0 Å². The highest BCUT2D eigenvalue weighted by Crippen LogP contribution is 2.35. The van der Waals surface area contributed by atoms with E-state index in [4.69, 9.17) is 4.74 Å². The van der Waals surface area contributed by atoms with Crippen molar-refractivity contribution in [1.29, 1.82) is 0 Å². The number of fused-ring (bicyclic) bond motifs is 1. The molecule has 1 N–H and O–H groups in total. The molecular formula is C17H23FN2O. The Bertz CT molecular complexity index is 518. The van der Waals surface area contributed by atoms with E-state index in [9.17, 15) is 4.39 Å². The van der Waals surface area contributed by atoms with Gasteiger partial charge in [0.1, 0.15) is 5.82 Å². The van der Waals surface area contributed by atoms with Crippen molar-refractivity contribution in [2.45, 2.75) is 56.8 Å². The Labute approximate surface area is 125 Å². The minimum absolute atomic E-state index is 0.0818. The van der Waals surface area contributed by atoms with E-state index in [0.717, 1.165) is 37.2 Å². The fourth-order valence-electron chi connectivity index (χ4n) is 3.75. The molecule has 1 aliphatic heterocycles. The van der Waals surface area contributed by atoms with E-state index in [1.165, 1.54) is 19.3 Å². The topological polar surface area (TPSA) is 24.5 Å². The lowest BCUT2D eigenvalue weighted by Crippen LogP contribution is -2.49. The third-order valence-corrected chi connectivity index (χ3v) is 5.03. The molecule has 4 heteroatoms. The molecule has 3 fully saturated rings. The van der Waals surface area contributed by atoms with E-state index in [1.807, 2.05) is 6.07 Å².